The number of carbonyl (C=O) groups excluding carboxylic acids is 1. The van der Waals surface area contributed by atoms with E-state index >= 15 is 0 Å². The van der Waals surface area contributed by atoms with Gasteiger partial charge in [-0.1, -0.05) is 34.1 Å². The molecule has 128 valence electrons. The number of halogens is 2. The minimum atomic E-state index is -3.66. The molecule has 0 aliphatic rings. The number of sulfonamides is 1. The lowest BCUT2D eigenvalue weighted by Gasteiger charge is -2.08. The summed E-state index contributed by atoms with van der Waals surface area (Å²) in [7, 11) is -3.66. The summed E-state index contributed by atoms with van der Waals surface area (Å²) in [6, 6.07) is 12.3. The molecule has 5 nitrogen and oxygen atoms in total. The Hall–Kier alpha value is -1.77. The first-order chi connectivity index (χ1) is 11.4. The second kappa shape index (κ2) is 8.36. The zero-order chi connectivity index (χ0) is 17.6. The van der Waals surface area contributed by atoms with E-state index in [-0.39, 0.29) is 30.3 Å². The van der Waals surface area contributed by atoms with Crippen LogP contribution in [0.15, 0.2) is 57.9 Å². The first-order valence-corrected chi connectivity index (χ1v) is 9.41. The Bertz CT molecular complexity index is 810. The van der Waals surface area contributed by atoms with Crippen molar-refractivity contribution in [3.05, 3.63) is 64.4 Å². The van der Waals surface area contributed by atoms with Gasteiger partial charge in [0, 0.05) is 29.5 Å². The SMILES string of the molecule is O=C(CCNS(=O)(=O)c1ccc(Br)cc1)NCc1ccccc1F. The van der Waals surface area contributed by atoms with Gasteiger partial charge in [0.1, 0.15) is 5.82 Å². The van der Waals surface area contributed by atoms with E-state index in [0.717, 1.165) is 4.47 Å². The molecule has 0 fully saturated rings. The van der Waals surface area contributed by atoms with Crippen molar-refractivity contribution in [2.45, 2.75) is 17.9 Å². The lowest BCUT2D eigenvalue weighted by Crippen LogP contribution is -2.30. The van der Waals surface area contributed by atoms with Gasteiger partial charge >= 0.3 is 0 Å². The van der Waals surface area contributed by atoms with Crippen LogP contribution in [0, 0.1) is 5.82 Å². The molecular weight excluding hydrogens is 399 g/mol. The molecule has 1 amide bonds. The summed E-state index contributed by atoms with van der Waals surface area (Å²) in [5.74, 6) is -0.759. The van der Waals surface area contributed by atoms with Crippen LogP contribution in [0.1, 0.15) is 12.0 Å². The monoisotopic (exact) mass is 414 g/mol. The molecule has 0 aliphatic carbocycles. The normalized spacial score (nSPS) is 11.2. The third-order valence-electron chi connectivity index (χ3n) is 3.20. The third kappa shape index (κ3) is 5.40. The first-order valence-electron chi connectivity index (χ1n) is 7.14. The highest BCUT2D eigenvalue weighted by Crippen LogP contribution is 2.14. The predicted molar refractivity (Wildman–Crippen MR) is 92.2 cm³/mol. The van der Waals surface area contributed by atoms with Crippen molar-refractivity contribution in [3.63, 3.8) is 0 Å². The van der Waals surface area contributed by atoms with Gasteiger partial charge in [-0.15, -0.1) is 0 Å². The molecule has 8 heteroatoms. The maximum absolute atomic E-state index is 13.4. The van der Waals surface area contributed by atoms with Gasteiger partial charge in [-0.3, -0.25) is 4.79 Å². The van der Waals surface area contributed by atoms with Crippen LogP contribution in [0.3, 0.4) is 0 Å². The maximum Gasteiger partial charge on any atom is 0.240 e. The van der Waals surface area contributed by atoms with Gasteiger partial charge in [0.05, 0.1) is 4.90 Å². The minimum absolute atomic E-state index is 0.0375. The number of amides is 1. The molecule has 0 spiro atoms. The number of carbonyl (C=O) groups is 1. The van der Waals surface area contributed by atoms with Gasteiger partial charge in [-0.05, 0) is 30.3 Å². The lowest BCUT2D eigenvalue weighted by molar-refractivity contribution is -0.121. The number of hydrogen-bond donors (Lipinski definition) is 2. The molecule has 2 aromatic rings. The van der Waals surface area contributed by atoms with Crippen molar-refractivity contribution in [1.29, 1.82) is 0 Å². The van der Waals surface area contributed by atoms with E-state index in [1.807, 2.05) is 0 Å². The number of nitrogens with one attached hydrogen (secondary N) is 2. The van der Waals surface area contributed by atoms with Crippen molar-refractivity contribution in [3.8, 4) is 0 Å². The molecule has 0 saturated carbocycles. The smallest absolute Gasteiger partial charge is 0.240 e. The van der Waals surface area contributed by atoms with Crippen LogP contribution in [0.4, 0.5) is 4.39 Å². The molecule has 24 heavy (non-hydrogen) atoms. The summed E-state index contributed by atoms with van der Waals surface area (Å²) < 4.78 is 40.6. The zero-order valence-corrected chi connectivity index (χ0v) is 15.0. The van der Waals surface area contributed by atoms with E-state index in [4.69, 9.17) is 0 Å². The predicted octanol–water partition coefficient (Wildman–Crippen LogP) is 2.57. The molecule has 2 N–H and O–H groups in total. The van der Waals surface area contributed by atoms with Crippen molar-refractivity contribution < 1.29 is 17.6 Å². The molecule has 0 unspecified atom stereocenters. The zero-order valence-electron chi connectivity index (χ0n) is 12.6. The highest BCUT2D eigenvalue weighted by molar-refractivity contribution is 9.10. The molecule has 0 heterocycles. The topological polar surface area (TPSA) is 75.3 Å². The summed E-state index contributed by atoms with van der Waals surface area (Å²) in [6.07, 6.45) is -0.0375. The molecule has 0 aromatic heterocycles. The van der Waals surface area contributed by atoms with Gasteiger partial charge in [0.15, 0.2) is 0 Å². The molecule has 0 saturated heterocycles. The molecule has 0 atom stereocenters. The largest absolute Gasteiger partial charge is 0.352 e. The van der Waals surface area contributed by atoms with Crippen molar-refractivity contribution in [1.82, 2.24) is 10.0 Å². The van der Waals surface area contributed by atoms with E-state index in [9.17, 15) is 17.6 Å². The second-order valence-electron chi connectivity index (χ2n) is 4.97. The van der Waals surface area contributed by atoms with Crippen LogP contribution in [-0.2, 0) is 21.4 Å². The van der Waals surface area contributed by atoms with E-state index < -0.39 is 15.8 Å². The van der Waals surface area contributed by atoms with Gasteiger partial charge in [0.25, 0.3) is 0 Å². The van der Waals surface area contributed by atoms with E-state index in [0.29, 0.717) is 5.56 Å². The molecule has 0 aliphatic heterocycles. The molecule has 0 radical (unpaired) electrons. The Labute approximate surface area is 148 Å². The third-order valence-corrected chi connectivity index (χ3v) is 5.21. The van der Waals surface area contributed by atoms with Crippen LogP contribution in [0.5, 0.6) is 0 Å². The van der Waals surface area contributed by atoms with E-state index in [2.05, 4.69) is 26.0 Å². The molecule has 2 aromatic carbocycles. The second-order valence-corrected chi connectivity index (χ2v) is 7.65. The van der Waals surface area contributed by atoms with Crippen LogP contribution >= 0.6 is 15.9 Å². The number of hydrogen-bond acceptors (Lipinski definition) is 3. The fourth-order valence-corrected chi connectivity index (χ4v) is 3.22. The standard InChI is InChI=1S/C16H16BrFN2O3S/c17-13-5-7-14(8-6-13)24(22,23)20-10-9-16(21)19-11-12-3-1-2-4-15(12)18/h1-8,20H,9-11H2,(H,19,21). The van der Waals surface area contributed by atoms with Crippen LogP contribution in [0.25, 0.3) is 0 Å². The highest BCUT2D eigenvalue weighted by atomic mass is 79.9. The fourth-order valence-electron chi connectivity index (χ4n) is 1.92. The summed E-state index contributed by atoms with van der Waals surface area (Å²) in [6.45, 7) is 0.0203. The quantitative estimate of drug-likeness (QED) is 0.730. The summed E-state index contributed by atoms with van der Waals surface area (Å²) in [5, 5.41) is 2.55. The average molecular weight is 415 g/mol. The number of benzene rings is 2. The minimum Gasteiger partial charge on any atom is -0.352 e. The summed E-state index contributed by atoms with van der Waals surface area (Å²) in [5.41, 5.74) is 0.376. The molecular formula is C16H16BrFN2O3S. The van der Waals surface area contributed by atoms with Gasteiger partial charge in [-0.25, -0.2) is 17.5 Å². The Kier molecular flexibility index (Phi) is 6.47. The Morgan fingerprint density at radius 2 is 1.75 bits per heavy atom. The van der Waals surface area contributed by atoms with Gasteiger partial charge in [-0.2, -0.15) is 0 Å². The first kappa shape index (κ1) is 18.6. The van der Waals surface area contributed by atoms with E-state index in [1.165, 1.54) is 18.2 Å². The van der Waals surface area contributed by atoms with E-state index in [1.54, 1.807) is 30.3 Å². The molecule has 2 rings (SSSR count). The van der Waals surface area contributed by atoms with Gasteiger partial charge in [0.2, 0.25) is 15.9 Å². The average Bonchev–Trinajstić information content (AvgIpc) is 2.54. The highest BCUT2D eigenvalue weighted by Gasteiger charge is 2.14. The Morgan fingerprint density at radius 3 is 2.42 bits per heavy atom. The Balaban J connectivity index is 1.80. The van der Waals surface area contributed by atoms with Crippen molar-refractivity contribution in [2.24, 2.45) is 0 Å². The number of rotatable bonds is 7. The maximum atomic E-state index is 13.4. The van der Waals surface area contributed by atoms with Crippen LogP contribution in [-0.4, -0.2) is 20.9 Å². The fraction of sp³-hybridized carbons (Fsp3) is 0.188. The summed E-state index contributed by atoms with van der Waals surface area (Å²) >= 11 is 3.23. The van der Waals surface area contributed by atoms with Crippen molar-refractivity contribution >= 4 is 31.9 Å². The van der Waals surface area contributed by atoms with Crippen LogP contribution in [0.2, 0.25) is 0 Å². The van der Waals surface area contributed by atoms with Gasteiger partial charge < -0.3 is 5.32 Å². The van der Waals surface area contributed by atoms with Crippen LogP contribution < -0.4 is 10.0 Å². The summed E-state index contributed by atoms with van der Waals surface area (Å²) in [4.78, 5) is 11.8. The Morgan fingerprint density at radius 1 is 1.08 bits per heavy atom. The molecule has 0 bridgehead atoms. The lowest BCUT2D eigenvalue weighted by atomic mass is 10.2. The van der Waals surface area contributed by atoms with Crippen molar-refractivity contribution in [2.75, 3.05) is 6.54 Å².